The van der Waals surface area contributed by atoms with Gasteiger partial charge >= 0.3 is 17.1 Å². The molecule has 0 unspecified atom stereocenters. The first-order valence-electron chi connectivity index (χ1n) is 5.61. The molecule has 3 N–H and O–H groups in total. The zero-order valence-corrected chi connectivity index (χ0v) is 11.9. The second-order valence-corrected chi connectivity index (χ2v) is 4.89. The van der Waals surface area contributed by atoms with Crippen molar-refractivity contribution < 1.29 is 9.53 Å². The van der Waals surface area contributed by atoms with Gasteiger partial charge < -0.3 is 10.5 Å². The number of pyridine rings is 1. The van der Waals surface area contributed by atoms with E-state index in [4.69, 9.17) is 5.73 Å². The number of ether oxygens (including phenoxy) is 1. The second-order valence-electron chi connectivity index (χ2n) is 3.90. The third-order valence-electron chi connectivity index (χ3n) is 2.46. The Labute approximate surface area is 122 Å². The molecule has 110 valence electrons. The van der Waals surface area contributed by atoms with E-state index in [1.807, 2.05) is 0 Å². The number of hydrogen-bond donors (Lipinski definition) is 2. The molecule has 0 amide bonds. The van der Waals surface area contributed by atoms with Gasteiger partial charge in [-0.3, -0.25) is 19.4 Å². The highest BCUT2D eigenvalue weighted by Gasteiger charge is 2.14. The smallest absolute Gasteiger partial charge is 0.340 e. The quantitative estimate of drug-likeness (QED) is 0.566. The molecule has 0 aliphatic heterocycles. The number of carbonyl (C=O) groups excluding carboxylic acids is 1. The molecule has 0 aromatic carbocycles. The number of carbonyl (C=O) groups is 1. The fraction of sp³-hybridized carbons (Fsp3) is 0.182. The Balaban J connectivity index is 2.41. The van der Waals surface area contributed by atoms with Crippen molar-refractivity contribution in [1.29, 1.82) is 0 Å². The van der Waals surface area contributed by atoms with Gasteiger partial charge in [0.25, 0.3) is 0 Å². The lowest BCUT2D eigenvalue weighted by Gasteiger charge is -2.07. The van der Waals surface area contributed by atoms with Crippen LogP contribution in [0.5, 0.6) is 0 Å². The highest BCUT2D eigenvalue weighted by atomic mass is 32.2. The van der Waals surface area contributed by atoms with Gasteiger partial charge in [-0.05, 0) is 17.8 Å². The molecule has 2 aromatic rings. The molecular weight excluding hydrogens is 298 g/mol. The lowest BCUT2D eigenvalue weighted by atomic mass is 10.2. The summed E-state index contributed by atoms with van der Waals surface area (Å²) < 4.78 is 5.89. The molecule has 0 radical (unpaired) electrons. The van der Waals surface area contributed by atoms with E-state index in [0.717, 1.165) is 11.8 Å². The molecule has 0 fully saturated rings. The molecule has 21 heavy (non-hydrogen) atoms. The number of H-pyrrole nitrogens is 1. The van der Waals surface area contributed by atoms with Gasteiger partial charge in [0, 0.05) is 7.05 Å². The minimum atomic E-state index is -0.903. The molecule has 9 nitrogen and oxygen atoms in total. The van der Waals surface area contributed by atoms with Crippen LogP contribution in [0.15, 0.2) is 32.0 Å². The van der Waals surface area contributed by atoms with Gasteiger partial charge in [0.1, 0.15) is 5.03 Å². The highest BCUT2D eigenvalue weighted by molar-refractivity contribution is 7.99. The molecule has 0 aliphatic rings. The van der Waals surface area contributed by atoms with Gasteiger partial charge in [-0.15, -0.1) is 0 Å². The van der Waals surface area contributed by atoms with E-state index in [1.54, 1.807) is 0 Å². The van der Waals surface area contributed by atoms with Crippen LogP contribution in [-0.4, -0.2) is 32.8 Å². The monoisotopic (exact) mass is 309 g/mol. The fourth-order valence-corrected chi connectivity index (χ4v) is 2.22. The van der Waals surface area contributed by atoms with Gasteiger partial charge in [-0.2, -0.15) is 4.98 Å². The number of aromatic nitrogens is 4. The Bertz CT molecular complexity index is 813. The predicted octanol–water partition coefficient (Wildman–Crippen LogP) is -0.616. The summed E-state index contributed by atoms with van der Waals surface area (Å²) in [7, 11) is 2.76. The fourth-order valence-electron chi connectivity index (χ4n) is 1.43. The summed E-state index contributed by atoms with van der Waals surface area (Å²) in [5, 5.41) is 2.90. The van der Waals surface area contributed by atoms with Crippen molar-refractivity contribution in [1.82, 2.24) is 19.7 Å². The summed E-state index contributed by atoms with van der Waals surface area (Å²) >= 11 is 0.995. The predicted molar refractivity (Wildman–Crippen MR) is 74.2 cm³/mol. The normalized spacial score (nSPS) is 10.4. The maximum atomic E-state index is 11.5. The first-order valence-corrected chi connectivity index (χ1v) is 6.43. The molecule has 0 bridgehead atoms. The zero-order valence-electron chi connectivity index (χ0n) is 11.1. The lowest BCUT2D eigenvalue weighted by Crippen LogP contribution is -2.33. The average Bonchev–Trinajstić information content (AvgIpc) is 2.45. The van der Waals surface area contributed by atoms with Gasteiger partial charge in [0.05, 0.1) is 24.6 Å². The molecular formula is C11H11N5O4S. The van der Waals surface area contributed by atoms with Gasteiger partial charge in [0.2, 0.25) is 0 Å². The van der Waals surface area contributed by atoms with Gasteiger partial charge in [-0.25, -0.2) is 9.78 Å². The number of anilines is 1. The number of nitrogen functional groups attached to an aromatic ring is 1. The summed E-state index contributed by atoms with van der Waals surface area (Å²) in [6, 6.07) is 1.42. The van der Waals surface area contributed by atoms with E-state index in [-0.39, 0.29) is 16.4 Å². The lowest BCUT2D eigenvalue weighted by molar-refractivity contribution is 0.0601. The number of nitrogens with one attached hydrogen (secondary N) is 1. The Hall–Kier alpha value is -2.62. The van der Waals surface area contributed by atoms with Crippen molar-refractivity contribution in [3.63, 3.8) is 0 Å². The Morgan fingerprint density at radius 2 is 2.19 bits per heavy atom. The second kappa shape index (κ2) is 5.79. The van der Waals surface area contributed by atoms with Crippen LogP contribution in [0.1, 0.15) is 10.4 Å². The largest absolute Gasteiger partial charge is 0.465 e. The number of rotatable bonds is 3. The van der Waals surface area contributed by atoms with Gasteiger partial charge in [-0.1, -0.05) is 0 Å². The summed E-state index contributed by atoms with van der Waals surface area (Å²) in [6.45, 7) is 0. The number of nitrogens with two attached hydrogens (primary N) is 1. The molecule has 2 heterocycles. The van der Waals surface area contributed by atoms with E-state index in [0.29, 0.717) is 5.03 Å². The van der Waals surface area contributed by atoms with Crippen molar-refractivity contribution in [3.05, 3.63) is 38.5 Å². The molecule has 2 aromatic heterocycles. The van der Waals surface area contributed by atoms with E-state index in [1.165, 1.54) is 31.1 Å². The van der Waals surface area contributed by atoms with Crippen LogP contribution in [0.25, 0.3) is 0 Å². The molecule has 10 heteroatoms. The van der Waals surface area contributed by atoms with E-state index in [9.17, 15) is 14.4 Å². The third kappa shape index (κ3) is 3.11. The number of methoxy groups -OCH3 is 1. The van der Waals surface area contributed by atoms with E-state index < -0.39 is 17.1 Å². The summed E-state index contributed by atoms with van der Waals surface area (Å²) in [5.74, 6) is -0.597. The molecule has 0 saturated heterocycles. The molecule has 0 saturated carbocycles. The maximum absolute atomic E-state index is 11.5. The first kappa shape index (κ1) is 14.8. The first-order chi connectivity index (χ1) is 9.92. The minimum absolute atomic E-state index is 0.157. The Morgan fingerprint density at radius 1 is 1.48 bits per heavy atom. The van der Waals surface area contributed by atoms with E-state index in [2.05, 4.69) is 19.8 Å². The molecule has 0 spiro atoms. The number of hydrogen-bond acceptors (Lipinski definition) is 8. The maximum Gasteiger partial charge on any atom is 0.340 e. The van der Waals surface area contributed by atoms with Crippen molar-refractivity contribution >= 4 is 23.4 Å². The van der Waals surface area contributed by atoms with Crippen molar-refractivity contribution in [2.75, 3.05) is 12.8 Å². The summed E-state index contributed by atoms with van der Waals surface area (Å²) in [4.78, 5) is 41.6. The highest BCUT2D eigenvalue weighted by Crippen LogP contribution is 2.25. The SMILES string of the molecule is COC(=O)c1cc(Sc2nc(=O)c(=O)[nH]n2C)ncc1N. The van der Waals surface area contributed by atoms with Crippen molar-refractivity contribution in [3.8, 4) is 0 Å². The van der Waals surface area contributed by atoms with Crippen LogP contribution in [0, 0.1) is 0 Å². The Morgan fingerprint density at radius 3 is 2.86 bits per heavy atom. The molecule has 2 rings (SSSR count). The van der Waals surface area contributed by atoms with E-state index >= 15 is 0 Å². The van der Waals surface area contributed by atoms with Crippen molar-refractivity contribution in [2.45, 2.75) is 10.2 Å². The summed E-state index contributed by atoms with van der Waals surface area (Å²) in [6.07, 6.45) is 1.30. The van der Waals surface area contributed by atoms with Crippen LogP contribution in [0.3, 0.4) is 0 Å². The third-order valence-corrected chi connectivity index (χ3v) is 3.44. The zero-order chi connectivity index (χ0) is 15.6. The standard InChI is InChI=1S/C11H11N5O4S/c1-16-11(14-8(17)9(18)15-16)21-7-3-5(10(19)20-2)6(12)4-13-7/h3-4H,12H2,1-2H3,(H,15,18). The number of aryl methyl sites for hydroxylation is 1. The van der Waals surface area contributed by atoms with Crippen LogP contribution in [0.2, 0.25) is 0 Å². The number of aromatic amines is 1. The van der Waals surface area contributed by atoms with Crippen LogP contribution < -0.4 is 16.9 Å². The van der Waals surface area contributed by atoms with Crippen LogP contribution >= 0.6 is 11.8 Å². The molecule has 0 atom stereocenters. The number of esters is 1. The van der Waals surface area contributed by atoms with Crippen LogP contribution in [0.4, 0.5) is 5.69 Å². The van der Waals surface area contributed by atoms with Crippen LogP contribution in [-0.2, 0) is 11.8 Å². The average molecular weight is 309 g/mol. The number of nitrogens with zero attached hydrogens (tertiary/aromatic N) is 3. The van der Waals surface area contributed by atoms with Gasteiger partial charge in [0.15, 0.2) is 5.16 Å². The Kier molecular flexibility index (Phi) is 4.08. The van der Waals surface area contributed by atoms with Crippen molar-refractivity contribution in [2.24, 2.45) is 7.05 Å². The topological polar surface area (TPSA) is 133 Å². The minimum Gasteiger partial charge on any atom is -0.465 e. The molecule has 0 aliphatic carbocycles. The summed E-state index contributed by atoms with van der Waals surface area (Å²) in [5.41, 5.74) is 4.25.